The molecule has 0 bridgehead atoms. The van der Waals surface area contributed by atoms with Gasteiger partial charge in [-0.05, 0) is 44.0 Å². The van der Waals surface area contributed by atoms with E-state index in [1.54, 1.807) is 24.3 Å². The van der Waals surface area contributed by atoms with Crippen LogP contribution in [0, 0.1) is 5.92 Å². The number of anilines is 1. The van der Waals surface area contributed by atoms with Crippen LogP contribution in [0.3, 0.4) is 0 Å². The van der Waals surface area contributed by atoms with Crippen LogP contribution in [0.4, 0.5) is 5.69 Å². The van der Waals surface area contributed by atoms with Crippen LogP contribution in [-0.4, -0.2) is 24.3 Å². The van der Waals surface area contributed by atoms with Crippen molar-refractivity contribution >= 4 is 23.3 Å². The maximum atomic E-state index is 11.8. The van der Waals surface area contributed by atoms with Crippen molar-refractivity contribution in [3.63, 3.8) is 0 Å². The number of carbonyl (C=O) groups excluding carboxylic acids is 3. The summed E-state index contributed by atoms with van der Waals surface area (Å²) < 4.78 is 5.07. The first-order valence-corrected chi connectivity index (χ1v) is 7.64. The molecule has 0 saturated heterocycles. The molecule has 1 aliphatic carbocycles. The number of esters is 1. The molecule has 0 aromatic heterocycles. The number of hydrogen-bond donors (Lipinski definition) is 1. The highest BCUT2D eigenvalue weighted by atomic mass is 16.5. The van der Waals surface area contributed by atoms with Gasteiger partial charge in [0.1, 0.15) is 0 Å². The second-order valence-corrected chi connectivity index (χ2v) is 5.62. The van der Waals surface area contributed by atoms with Crippen molar-refractivity contribution in [2.75, 3.05) is 11.9 Å². The molecule has 1 N–H and O–H groups in total. The van der Waals surface area contributed by atoms with Gasteiger partial charge >= 0.3 is 5.97 Å². The third-order valence-electron chi connectivity index (χ3n) is 3.86. The lowest BCUT2D eigenvalue weighted by atomic mass is 9.89. The van der Waals surface area contributed by atoms with Crippen molar-refractivity contribution < 1.29 is 19.1 Å². The van der Waals surface area contributed by atoms with Crippen LogP contribution in [-0.2, 0) is 14.3 Å². The van der Waals surface area contributed by atoms with Crippen molar-refractivity contribution in [1.82, 2.24) is 0 Å². The monoisotopic (exact) mass is 303 g/mol. The van der Waals surface area contributed by atoms with Crippen LogP contribution in [0.1, 0.15) is 49.4 Å². The van der Waals surface area contributed by atoms with Crippen molar-refractivity contribution in [2.24, 2.45) is 5.92 Å². The molecule has 1 aromatic rings. The Kier molecular flexibility index (Phi) is 5.69. The van der Waals surface area contributed by atoms with Gasteiger partial charge in [0.15, 0.2) is 12.4 Å². The van der Waals surface area contributed by atoms with Crippen LogP contribution < -0.4 is 5.32 Å². The van der Waals surface area contributed by atoms with Gasteiger partial charge in [0.25, 0.3) is 5.91 Å². The molecule has 118 valence electrons. The fourth-order valence-electron chi connectivity index (χ4n) is 2.58. The molecular formula is C17H21NO4. The van der Waals surface area contributed by atoms with Gasteiger partial charge in [-0.1, -0.05) is 19.3 Å². The molecule has 1 fully saturated rings. The molecule has 1 amide bonds. The number of ketones is 1. The summed E-state index contributed by atoms with van der Waals surface area (Å²) in [7, 11) is 0. The Morgan fingerprint density at radius 3 is 2.32 bits per heavy atom. The Bertz CT molecular complexity index is 544. The van der Waals surface area contributed by atoms with E-state index in [-0.39, 0.29) is 30.2 Å². The molecule has 1 saturated carbocycles. The molecule has 5 nitrogen and oxygen atoms in total. The summed E-state index contributed by atoms with van der Waals surface area (Å²) in [5.74, 6) is -0.739. The molecule has 0 radical (unpaired) electrons. The fourth-order valence-corrected chi connectivity index (χ4v) is 2.58. The average Bonchev–Trinajstić information content (AvgIpc) is 2.54. The van der Waals surface area contributed by atoms with Gasteiger partial charge in [0.05, 0.1) is 5.92 Å². The Balaban J connectivity index is 1.77. The van der Waals surface area contributed by atoms with Gasteiger partial charge in [-0.3, -0.25) is 14.4 Å². The Hall–Kier alpha value is -2.17. The summed E-state index contributed by atoms with van der Waals surface area (Å²) in [5, 5.41) is 2.64. The molecule has 22 heavy (non-hydrogen) atoms. The first kappa shape index (κ1) is 16.2. The molecule has 1 aromatic carbocycles. The minimum Gasteiger partial charge on any atom is -0.455 e. The molecule has 0 aliphatic heterocycles. The van der Waals surface area contributed by atoms with Crippen LogP contribution in [0.15, 0.2) is 24.3 Å². The Morgan fingerprint density at radius 2 is 1.73 bits per heavy atom. The summed E-state index contributed by atoms with van der Waals surface area (Å²) in [6.45, 7) is 1.21. The van der Waals surface area contributed by atoms with Gasteiger partial charge in [0, 0.05) is 11.3 Å². The van der Waals surface area contributed by atoms with E-state index >= 15 is 0 Å². The zero-order valence-electron chi connectivity index (χ0n) is 12.8. The fraction of sp³-hybridized carbons (Fsp3) is 0.471. The van der Waals surface area contributed by atoms with E-state index in [0.717, 1.165) is 25.7 Å². The van der Waals surface area contributed by atoms with Crippen LogP contribution >= 0.6 is 0 Å². The number of amides is 1. The van der Waals surface area contributed by atoms with E-state index in [2.05, 4.69) is 5.32 Å². The Morgan fingerprint density at radius 1 is 1.09 bits per heavy atom. The predicted octanol–water partition coefficient (Wildman–Crippen LogP) is 2.95. The number of ether oxygens (including phenoxy) is 1. The van der Waals surface area contributed by atoms with E-state index < -0.39 is 0 Å². The maximum absolute atomic E-state index is 11.8. The summed E-state index contributed by atoms with van der Waals surface area (Å²) in [5.41, 5.74) is 1.16. The second kappa shape index (κ2) is 7.73. The van der Waals surface area contributed by atoms with Gasteiger partial charge < -0.3 is 10.1 Å². The highest BCUT2D eigenvalue weighted by molar-refractivity contribution is 5.96. The zero-order chi connectivity index (χ0) is 15.9. The third-order valence-corrected chi connectivity index (χ3v) is 3.86. The lowest BCUT2D eigenvalue weighted by Crippen LogP contribution is -2.26. The largest absolute Gasteiger partial charge is 0.455 e. The lowest BCUT2D eigenvalue weighted by Gasteiger charge is -2.19. The molecule has 5 heteroatoms. The SMILES string of the molecule is CC(=O)c1ccc(NC(=O)COC(=O)C2CCCCC2)cc1. The highest BCUT2D eigenvalue weighted by Crippen LogP contribution is 2.24. The molecule has 1 aliphatic rings. The number of hydrogen-bond acceptors (Lipinski definition) is 4. The smallest absolute Gasteiger partial charge is 0.309 e. The summed E-state index contributed by atoms with van der Waals surface area (Å²) in [6.07, 6.45) is 4.98. The Labute approximate surface area is 130 Å². The number of rotatable bonds is 5. The van der Waals surface area contributed by atoms with Crippen molar-refractivity contribution in [2.45, 2.75) is 39.0 Å². The molecule has 2 rings (SSSR count). The normalized spacial score (nSPS) is 15.1. The van der Waals surface area contributed by atoms with Crippen LogP contribution in [0.25, 0.3) is 0 Å². The third kappa shape index (κ3) is 4.69. The predicted molar refractivity (Wildman–Crippen MR) is 82.6 cm³/mol. The summed E-state index contributed by atoms with van der Waals surface area (Å²) >= 11 is 0. The molecule has 0 spiro atoms. The van der Waals surface area contributed by atoms with E-state index in [4.69, 9.17) is 4.74 Å². The quantitative estimate of drug-likeness (QED) is 0.670. The molecule has 0 heterocycles. The lowest BCUT2D eigenvalue weighted by molar-refractivity contribution is -0.152. The second-order valence-electron chi connectivity index (χ2n) is 5.62. The van der Waals surface area contributed by atoms with E-state index in [1.807, 2.05) is 0 Å². The standard InChI is InChI=1S/C17H21NO4/c1-12(19)13-7-9-15(10-8-13)18-16(20)11-22-17(21)14-5-3-2-4-6-14/h7-10,14H,2-6,11H2,1H3,(H,18,20). The van der Waals surface area contributed by atoms with Gasteiger partial charge in [-0.25, -0.2) is 0 Å². The first-order valence-electron chi connectivity index (χ1n) is 7.64. The van der Waals surface area contributed by atoms with Crippen molar-refractivity contribution in [3.05, 3.63) is 29.8 Å². The van der Waals surface area contributed by atoms with Crippen LogP contribution in [0.5, 0.6) is 0 Å². The average molecular weight is 303 g/mol. The van der Waals surface area contributed by atoms with Gasteiger partial charge in [-0.15, -0.1) is 0 Å². The number of carbonyl (C=O) groups is 3. The van der Waals surface area contributed by atoms with E-state index in [0.29, 0.717) is 11.3 Å². The van der Waals surface area contributed by atoms with Crippen molar-refractivity contribution in [1.29, 1.82) is 0 Å². The van der Waals surface area contributed by atoms with E-state index in [9.17, 15) is 14.4 Å². The molecule has 0 unspecified atom stereocenters. The number of Topliss-reactive ketones (excluding diaryl/α,β-unsaturated/α-hetero) is 1. The minimum absolute atomic E-state index is 0.0284. The topological polar surface area (TPSA) is 72.5 Å². The number of benzene rings is 1. The summed E-state index contributed by atoms with van der Waals surface area (Å²) in [6, 6.07) is 6.59. The molecule has 0 atom stereocenters. The van der Waals surface area contributed by atoms with Crippen LogP contribution in [0.2, 0.25) is 0 Å². The number of nitrogens with one attached hydrogen (secondary N) is 1. The van der Waals surface area contributed by atoms with Gasteiger partial charge in [0.2, 0.25) is 0 Å². The zero-order valence-corrected chi connectivity index (χ0v) is 12.8. The maximum Gasteiger partial charge on any atom is 0.309 e. The van der Waals surface area contributed by atoms with Gasteiger partial charge in [-0.2, -0.15) is 0 Å². The highest BCUT2D eigenvalue weighted by Gasteiger charge is 2.23. The minimum atomic E-state index is -0.375. The first-order chi connectivity index (χ1) is 10.6. The van der Waals surface area contributed by atoms with E-state index in [1.165, 1.54) is 13.3 Å². The summed E-state index contributed by atoms with van der Waals surface area (Å²) in [4.78, 5) is 34.8. The molecular weight excluding hydrogens is 282 g/mol. The van der Waals surface area contributed by atoms with Crippen molar-refractivity contribution in [3.8, 4) is 0 Å².